The Morgan fingerprint density at radius 3 is 2.36 bits per heavy atom. The highest BCUT2D eigenvalue weighted by molar-refractivity contribution is 6.04. The summed E-state index contributed by atoms with van der Waals surface area (Å²) in [6, 6.07) is 13.2. The van der Waals surface area contributed by atoms with Gasteiger partial charge in [-0.05, 0) is 55.3 Å². The van der Waals surface area contributed by atoms with Crippen molar-refractivity contribution in [2.45, 2.75) is 26.7 Å². The fourth-order valence-electron chi connectivity index (χ4n) is 2.91. The zero-order valence-corrected chi connectivity index (χ0v) is 14.7. The number of rotatable bonds is 7. The average Bonchev–Trinajstić information content (AvgIpc) is 3.10. The number of benzene rings is 2. The first-order valence-electron chi connectivity index (χ1n) is 8.77. The Labute approximate surface area is 148 Å². The first-order chi connectivity index (χ1) is 12.2. The molecule has 2 aromatic carbocycles. The van der Waals surface area contributed by atoms with Crippen LogP contribution in [0.25, 0.3) is 0 Å². The van der Waals surface area contributed by atoms with Gasteiger partial charge >= 0.3 is 0 Å². The molecule has 0 bridgehead atoms. The normalized spacial score (nSPS) is 12.1. The minimum absolute atomic E-state index is 0.162. The van der Waals surface area contributed by atoms with Gasteiger partial charge in [0.1, 0.15) is 0 Å². The Morgan fingerprint density at radius 2 is 1.68 bits per heavy atom. The molecule has 0 atom stereocenters. The maximum Gasteiger partial charge on any atom is 0.255 e. The molecule has 0 saturated heterocycles. The highest BCUT2D eigenvalue weighted by Crippen LogP contribution is 2.32. The highest BCUT2D eigenvalue weighted by Gasteiger charge is 2.16. The second kappa shape index (κ2) is 7.92. The second-order valence-electron chi connectivity index (χ2n) is 6.06. The van der Waals surface area contributed by atoms with Crippen molar-refractivity contribution in [2.75, 3.05) is 30.1 Å². The predicted octanol–water partition coefficient (Wildman–Crippen LogP) is 4.29. The van der Waals surface area contributed by atoms with Crippen LogP contribution in [0.3, 0.4) is 0 Å². The van der Waals surface area contributed by atoms with Crippen molar-refractivity contribution in [2.24, 2.45) is 0 Å². The Kier molecular flexibility index (Phi) is 5.43. The van der Waals surface area contributed by atoms with Crippen LogP contribution in [0.4, 0.5) is 11.4 Å². The van der Waals surface area contributed by atoms with Crippen molar-refractivity contribution in [3.8, 4) is 11.5 Å². The maximum atomic E-state index is 12.4. The number of hydrogen-bond acceptors (Lipinski definition) is 4. The summed E-state index contributed by atoms with van der Waals surface area (Å²) in [6.07, 6.45) is 2.23. The van der Waals surface area contributed by atoms with Gasteiger partial charge in [-0.15, -0.1) is 0 Å². The molecule has 132 valence electrons. The molecular weight excluding hydrogens is 316 g/mol. The number of ether oxygens (including phenoxy) is 2. The SMILES string of the molecule is CCCN(CCC)c1ccc(NC(=O)c2ccc3c(c2)OCO3)cc1. The lowest BCUT2D eigenvalue weighted by Gasteiger charge is -2.24. The number of hydrogen-bond donors (Lipinski definition) is 1. The minimum atomic E-state index is -0.162. The zero-order chi connectivity index (χ0) is 17.6. The van der Waals surface area contributed by atoms with Gasteiger partial charge in [0.25, 0.3) is 5.91 Å². The van der Waals surface area contributed by atoms with E-state index in [9.17, 15) is 4.79 Å². The van der Waals surface area contributed by atoms with E-state index in [0.717, 1.165) is 31.6 Å². The summed E-state index contributed by atoms with van der Waals surface area (Å²) in [6.45, 7) is 6.65. The van der Waals surface area contributed by atoms with Crippen LogP contribution in [0.5, 0.6) is 11.5 Å². The minimum Gasteiger partial charge on any atom is -0.454 e. The van der Waals surface area contributed by atoms with Crippen molar-refractivity contribution in [1.82, 2.24) is 0 Å². The van der Waals surface area contributed by atoms with Crippen molar-refractivity contribution < 1.29 is 14.3 Å². The van der Waals surface area contributed by atoms with E-state index in [0.29, 0.717) is 17.1 Å². The number of carbonyl (C=O) groups is 1. The van der Waals surface area contributed by atoms with Crippen LogP contribution in [0, 0.1) is 0 Å². The van der Waals surface area contributed by atoms with E-state index in [1.807, 2.05) is 12.1 Å². The molecule has 0 radical (unpaired) electrons. The van der Waals surface area contributed by atoms with Crippen LogP contribution in [-0.2, 0) is 0 Å². The number of nitrogens with one attached hydrogen (secondary N) is 1. The van der Waals surface area contributed by atoms with Gasteiger partial charge in [0, 0.05) is 30.0 Å². The van der Waals surface area contributed by atoms with Gasteiger partial charge in [-0.1, -0.05) is 13.8 Å². The lowest BCUT2D eigenvalue weighted by atomic mass is 10.1. The van der Waals surface area contributed by atoms with Gasteiger partial charge in [0.05, 0.1) is 0 Å². The van der Waals surface area contributed by atoms with E-state index in [2.05, 4.69) is 36.2 Å². The fourth-order valence-corrected chi connectivity index (χ4v) is 2.91. The Hall–Kier alpha value is -2.69. The largest absolute Gasteiger partial charge is 0.454 e. The molecular formula is C20H24N2O3. The Bertz CT molecular complexity index is 722. The number of fused-ring (bicyclic) bond motifs is 1. The molecule has 0 unspecified atom stereocenters. The smallest absolute Gasteiger partial charge is 0.255 e. The van der Waals surface area contributed by atoms with Gasteiger partial charge in [-0.2, -0.15) is 0 Å². The van der Waals surface area contributed by atoms with Gasteiger partial charge < -0.3 is 19.7 Å². The van der Waals surface area contributed by atoms with Crippen LogP contribution in [-0.4, -0.2) is 25.8 Å². The number of carbonyl (C=O) groups excluding carboxylic acids is 1. The molecule has 1 aliphatic heterocycles. The van der Waals surface area contributed by atoms with Gasteiger partial charge in [-0.25, -0.2) is 0 Å². The fraction of sp³-hybridized carbons (Fsp3) is 0.350. The molecule has 0 fully saturated rings. The van der Waals surface area contributed by atoms with Crippen molar-refractivity contribution in [3.63, 3.8) is 0 Å². The van der Waals surface area contributed by atoms with E-state index in [1.165, 1.54) is 5.69 Å². The molecule has 1 aliphatic rings. The Balaban J connectivity index is 1.67. The third-order valence-corrected chi connectivity index (χ3v) is 4.11. The van der Waals surface area contributed by atoms with E-state index < -0.39 is 0 Å². The summed E-state index contributed by atoms with van der Waals surface area (Å²) in [5.74, 6) is 1.12. The summed E-state index contributed by atoms with van der Waals surface area (Å²) in [5, 5.41) is 2.93. The molecule has 2 aromatic rings. The van der Waals surface area contributed by atoms with Crippen LogP contribution >= 0.6 is 0 Å². The maximum absolute atomic E-state index is 12.4. The van der Waals surface area contributed by atoms with Crippen LogP contribution in [0.2, 0.25) is 0 Å². The summed E-state index contributed by atoms with van der Waals surface area (Å²) in [5.41, 5.74) is 2.51. The first kappa shape index (κ1) is 17.1. The molecule has 0 saturated carbocycles. The summed E-state index contributed by atoms with van der Waals surface area (Å²) < 4.78 is 10.6. The molecule has 25 heavy (non-hydrogen) atoms. The second-order valence-corrected chi connectivity index (χ2v) is 6.06. The average molecular weight is 340 g/mol. The summed E-state index contributed by atoms with van der Waals surface area (Å²) >= 11 is 0. The molecule has 1 heterocycles. The lowest BCUT2D eigenvalue weighted by Crippen LogP contribution is -2.24. The number of nitrogens with zero attached hydrogens (tertiary/aromatic N) is 1. The van der Waals surface area contributed by atoms with Crippen molar-refractivity contribution >= 4 is 17.3 Å². The zero-order valence-electron chi connectivity index (χ0n) is 14.7. The molecule has 3 rings (SSSR count). The third kappa shape index (κ3) is 4.05. The Morgan fingerprint density at radius 1 is 1.00 bits per heavy atom. The van der Waals surface area contributed by atoms with Gasteiger partial charge in [0.15, 0.2) is 11.5 Å². The van der Waals surface area contributed by atoms with Crippen molar-refractivity contribution in [3.05, 3.63) is 48.0 Å². The van der Waals surface area contributed by atoms with Crippen LogP contribution in [0.15, 0.2) is 42.5 Å². The molecule has 0 aromatic heterocycles. The van der Waals surface area contributed by atoms with Crippen molar-refractivity contribution in [1.29, 1.82) is 0 Å². The monoisotopic (exact) mass is 340 g/mol. The molecule has 0 spiro atoms. The molecule has 1 N–H and O–H groups in total. The first-order valence-corrected chi connectivity index (χ1v) is 8.77. The van der Waals surface area contributed by atoms with E-state index in [4.69, 9.17) is 9.47 Å². The standard InChI is InChI=1S/C20H24N2O3/c1-3-11-22(12-4-2)17-8-6-16(7-9-17)21-20(23)15-5-10-18-19(13-15)25-14-24-18/h5-10,13H,3-4,11-12,14H2,1-2H3,(H,21,23). The lowest BCUT2D eigenvalue weighted by molar-refractivity contribution is 0.102. The molecule has 0 aliphatic carbocycles. The van der Waals surface area contributed by atoms with Gasteiger partial charge in [0.2, 0.25) is 6.79 Å². The van der Waals surface area contributed by atoms with E-state index in [1.54, 1.807) is 18.2 Å². The molecule has 5 nitrogen and oxygen atoms in total. The quantitative estimate of drug-likeness (QED) is 0.817. The number of anilines is 2. The van der Waals surface area contributed by atoms with Crippen LogP contribution < -0.4 is 19.7 Å². The summed E-state index contributed by atoms with van der Waals surface area (Å²) in [7, 11) is 0. The molecule has 1 amide bonds. The van der Waals surface area contributed by atoms with Gasteiger partial charge in [-0.3, -0.25) is 4.79 Å². The third-order valence-electron chi connectivity index (χ3n) is 4.11. The van der Waals surface area contributed by atoms with Crippen LogP contribution in [0.1, 0.15) is 37.0 Å². The molecule has 5 heteroatoms. The van der Waals surface area contributed by atoms with E-state index in [-0.39, 0.29) is 12.7 Å². The van der Waals surface area contributed by atoms with E-state index >= 15 is 0 Å². The summed E-state index contributed by atoms with van der Waals surface area (Å²) in [4.78, 5) is 14.8. The predicted molar refractivity (Wildman–Crippen MR) is 99.8 cm³/mol. The number of amides is 1. The topological polar surface area (TPSA) is 50.8 Å². The highest BCUT2D eigenvalue weighted by atomic mass is 16.7.